The van der Waals surface area contributed by atoms with E-state index in [9.17, 15) is 23.7 Å². The number of anilines is 1. The molecule has 30 heavy (non-hydrogen) atoms. The molecule has 0 aliphatic rings. The topological polar surface area (TPSA) is 91.6 Å². The number of alkyl halides is 2. The summed E-state index contributed by atoms with van der Waals surface area (Å²) >= 11 is 0. The van der Waals surface area contributed by atoms with Gasteiger partial charge >= 0.3 is 0 Å². The minimum Gasteiger partial charge on any atom is -0.371 e. The number of carbonyl (C=O) groups excluding carboxylic acids is 1. The second-order valence-electron chi connectivity index (χ2n) is 6.99. The van der Waals surface area contributed by atoms with Crippen LogP contribution in [-0.4, -0.2) is 65.8 Å². The minimum absolute atomic E-state index is 0.150. The number of nitro benzene ring substituents is 1. The van der Waals surface area contributed by atoms with Crippen molar-refractivity contribution < 1.29 is 18.5 Å². The van der Waals surface area contributed by atoms with Crippen LogP contribution >= 0.6 is 0 Å². The fraction of sp³-hybridized carbons (Fsp3) is 0.400. The maximum atomic E-state index is 12.6. The quantitative estimate of drug-likeness (QED) is 0.467. The van der Waals surface area contributed by atoms with Crippen molar-refractivity contribution in [3.63, 3.8) is 0 Å². The third-order valence-electron chi connectivity index (χ3n) is 4.56. The lowest BCUT2D eigenvalue weighted by atomic mass is 10.1. The number of hydrogen-bond acceptors (Lipinski definition) is 6. The van der Waals surface area contributed by atoms with Gasteiger partial charge in [-0.3, -0.25) is 24.8 Å². The predicted molar refractivity (Wildman–Crippen MR) is 110 cm³/mol. The van der Waals surface area contributed by atoms with Gasteiger partial charge in [0.05, 0.1) is 23.2 Å². The number of nitro groups is 1. The van der Waals surface area contributed by atoms with Gasteiger partial charge in [0.25, 0.3) is 18.0 Å². The molecule has 0 bridgehead atoms. The summed E-state index contributed by atoms with van der Waals surface area (Å²) in [6.45, 7) is 1.92. The Morgan fingerprint density at radius 3 is 2.57 bits per heavy atom. The van der Waals surface area contributed by atoms with Gasteiger partial charge in [0, 0.05) is 38.0 Å². The van der Waals surface area contributed by atoms with Crippen molar-refractivity contribution in [3.05, 3.63) is 64.0 Å². The minimum atomic E-state index is -2.45. The summed E-state index contributed by atoms with van der Waals surface area (Å²) in [5, 5.41) is 14.6. The summed E-state index contributed by atoms with van der Waals surface area (Å²) in [5.74, 6) is -0.423. The molecule has 0 unspecified atom stereocenters. The number of hydrogen-bond donors (Lipinski definition) is 1. The summed E-state index contributed by atoms with van der Waals surface area (Å²) in [7, 11) is 3.07. The fourth-order valence-corrected chi connectivity index (χ4v) is 2.85. The Hall–Kier alpha value is -3.14. The van der Waals surface area contributed by atoms with Crippen molar-refractivity contribution in [3.8, 4) is 0 Å². The normalized spacial score (nSPS) is 12.1. The molecule has 1 atom stereocenters. The van der Waals surface area contributed by atoms with Gasteiger partial charge in [0.15, 0.2) is 0 Å². The Morgan fingerprint density at radius 2 is 1.97 bits per heavy atom. The van der Waals surface area contributed by atoms with E-state index in [1.165, 1.54) is 35.0 Å². The third-order valence-corrected chi connectivity index (χ3v) is 4.56. The number of halogens is 2. The molecule has 0 aliphatic heterocycles. The Balaban J connectivity index is 2.11. The van der Waals surface area contributed by atoms with Crippen molar-refractivity contribution in [1.82, 2.24) is 14.8 Å². The van der Waals surface area contributed by atoms with Crippen LogP contribution in [0.4, 0.5) is 20.2 Å². The molecule has 0 saturated heterocycles. The Bertz CT molecular complexity index is 867. The maximum Gasteiger partial charge on any atom is 0.293 e. The summed E-state index contributed by atoms with van der Waals surface area (Å²) in [6, 6.07) is 9.34. The molecular formula is C20H25F2N5O3. The van der Waals surface area contributed by atoms with Crippen molar-refractivity contribution in [2.75, 3.05) is 39.0 Å². The van der Waals surface area contributed by atoms with Crippen molar-refractivity contribution >= 4 is 17.3 Å². The van der Waals surface area contributed by atoms with Gasteiger partial charge < -0.3 is 10.2 Å². The summed E-state index contributed by atoms with van der Waals surface area (Å²) in [6.07, 6.45) is -0.815. The first-order valence-electron chi connectivity index (χ1n) is 9.37. The molecule has 8 nitrogen and oxygen atoms in total. The zero-order chi connectivity index (χ0) is 22.3. The Morgan fingerprint density at radius 1 is 1.23 bits per heavy atom. The summed E-state index contributed by atoms with van der Waals surface area (Å²) in [4.78, 5) is 30.6. The number of nitrogens with zero attached hydrogens (tertiary/aromatic N) is 4. The van der Waals surface area contributed by atoms with E-state index >= 15 is 0 Å². The van der Waals surface area contributed by atoms with Crippen LogP contribution in [0.2, 0.25) is 0 Å². The Kier molecular flexibility index (Phi) is 8.16. The molecule has 0 fully saturated rings. The highest BCUT2D eigenvalue weighted by atomic mass is 19.3. The average Bonchev–Trinajstić information content (AvgIpc) is 2.71. The van der Waals surface area contributed by atoms with Gasteiger partial charge in [-0.1, -0.05) is 6.07 Å². The van der Waals surface area contributed by atoms with Crippen molar-refractivity contribution in [2.24, 2.45) is 0 Å². The number of pyridine rings is 1. The molecule has 2 rings (SSSR count). The van der Waals surface area contributed by atoms with E-state index in [1.807, 2.05) is 13.0 Å². The van der Waals surface area contributed by atoms with Gasteiger partial charge in [-0.05, 0) is 38.2 Å². The van der Waals surface area contributed by atoms with Crippen LogP contribution < -0.4 is 5.32 Å². The van der Waals surface area contributed by atoms with E-state index in [4.69, 9.17) is 0 Å². The molecular weight excluding hydrogens is 396 g/mol. The molecule has 0 spiro atoms. The standard InChI is InChI=1S/C20H25F2N5O3/c1-14(16-6-4-5-9-23-16)24-17-8-7-15(12-18(17)27(29)30)20(28)26(3)11-10-25(2)13-19(21)22/h4-9,12,14,19,24H,10-11,13H2,1-3H3/t14-/m0/s1. The smallest absolute Gasteiger partial charge is 0.293 e. The molecule has 162 valence electrons. The zero-order valence-corrected chi connectivity index (χ0v) is 17.1. The van der Waals surface area contributed by atoms with Crippen LogP contribution in [0.1, 0.15) is 29.0 Å². The average molecular weight is 421 g/mol. The van der Waals surface area contributed by atoms with Crippen LogP contribution in [-0.2, 0) is 0 Å². The summed E-state index contributed by atoms with van der Waals surface area (Å²) < 4.78 is 24.8. The number of amides is 1. The van der Waals surface area contributed by atoms with Crippen LogP contribution in [0.25, 0.3) is 0 Å². The highest BCUT2D eigenvalue weighted by Crippen LogP contribution is 2.29. The SMILES string of the molecule is C[C@H](Nc1ccc(C(=O)N(C)CCN(C)CC(F)F)cc1[N+](=O)[O-])c1ccccn1. The molecule has 1 aromatic carbocycles. The predicted octanol–water partition coefficient (Wildman–Crippen LogP) is 3.43. The molecule has 10 heteroatoms. The lowest BCUT2D eigenvalue weighted by Gasteiger charge is -2.22. The first-order chi connectivity index (χ1) is 14.2. The van der Waals surface area contributed by atoms with E-state index in [0.29, 0.717) is 0 Å². The second-order valence-corrected chi connectivity index (χ2v) is 6.99. The van der Waals surface area contributed by atoms with Gasteiger partial charge in [-0.25, -0.2) is 8.78 Å². The molecule has 2 aromatic rings. The van der Waals surface area contributed by atoms with Crippen LogP contribution in [0, 0.1) is 10.1 Å². The lowest BCUT2D eigenvalue weighted by Crippen LogP contribution is -2.36. The molecule has 1 aromatic heterocycles. The van der Waals surface area contributed by atoms with E-state index in [2.05, 4.69) is 10.3 Å². The van der Waals surface area contributed by atoms with Gasteiger partial charge in [-0.2, -0.15) is 0 Å². The number of likely N-dealkylation sites (N-methyl/N-ethyl adjacent to an activating group) is 2. The van der Waals surface area contributed by atoms with Gasteiger partial charge in [0.1, 0.15) is 5.69 Å². The molecule has 0 aliphatic carbocycles. The maximum absolute atomic E-state index is 12.6. The first kappa shape index (κ1) is 23.1. The monoisotopic (exact) mass is 421 g/mol. The third kappa shape index (κ3) is 6.45. The van der Waals surface area contributed by atoms with Gasteiger partial charge in [0.2, 0.25) is 0 Å². The highest BCUT2D eigenvalue weighted by Gasteiger charge is 2.21. The second kappa shape index (κ2) is 10.6. The highest BCUT2D eigenvalue weighted by molar-refractivity contribution is 5.95. The van der Waals surface area contributed by atoms with Crippen LogP contribution in [0.15, 0.2) is 42.6 Å². The van der Waals surface area contributed by atoms with Crippen LogP contribution in [0.5, 0.6) is 0 Å². The van der Waals surface area contributed by atoms with E-state index in [0.717, 1.165) is 5.69 Å². The zero-order valence-electron chi connectivity index (χ0n) is 17.1. The molecule has 1 amide bonds. The number of rotatable bonds is 10. The molecule has 0 radical (unpaired) electrons. The summed E-state index contributed by atoms with van der Waals surface area (Å²) in [5.41, 5.74) is 0.914. The van der Waals surface area contributed by atoms with Gasteiger partial charge in [-0.15, -0.1) is 0 Å². The first-order valence-corrected chi connectivity index (χ1v) is 9.37. The number of carbonyl (C=O) groups is 1. The lowest BCUT2D eigenvalue weighted by molar-refractivity contribution is -0.384. The van der Waals surface area contributed by atoms with E-state index in [-0.39, 0.29) is 42.6 Å². The van der Waals surface area contributed by atoms with Crippen LogP contribution in [0.3, 0.4) is 0 Å². The number of nitrogens with one attached hydrogen (secondary N) is 1. The van der Waals surface area contributed by atoms with Crippen molar-refractivity contribution in [1.29, 1.82) is 0 Å². The molecule has 1 N–H and O–H groups in total. The molecule has 1 heterocycles. The van der Waals surface area contributed by atoms with E-state index < -0.39 is 17.3 Å². The Labute approximate surface area is 173 Å². The number of benzene rings is 1. The largest absolute Gasteiger partial charge is 0.371 e. The van der Waals surface area contributed by atoms with Crippen molar-refractivity contribution in [2.45, 2.75) is 19.4 Å². The number of aromatic nitrogens is 1. The van der Waals surface area contributed by atoms with E-state index in [1.54, 1.807) is 25.4 Å². The fourth-order valence-electron chi connectivity index (χ4n) is 2.85. The molecule has 0 saturated carbocycles.